The third-order valence-electron chi connectivity index (χ3n) is 3.92. The van der Waals surface area contributed by atoms with Crippen molar-refractivity contribution in [1.29, 1.82) is 0 Å². The van der Waals surface area contributed by atoms with Gasteiger partial charge in [-0.15, -0.1) is 0 Å². The van der Waals surface area contributed by atoms with Gasteiger partial charge in [0, 0.05) is 22.9 Å². The van der Waals surface area contributed by atoms with Crippen LogP contribution in [0.25, 0.3) is 16.3 Å². The average molecular weight is 311 g/mol. The van der Waals surface area contributed by atoms with Gasteiger partial charge in [-0.2, -0.15) is 0 Å². The summed E-state index contributed by atoms with van der Waals surface area (Å²) in [4.78, 5) is 12.1. The summed E-state index contributed by atoms with van der Waals surface area (Å²) in [5.74, 6) is 0.254. The first kappa shape index (κ1) is 11.2. The Bertz CT molecular complexity index is 796. The molecule has 0 heterocycles. The maximum atomic E-state index is 12.1. The van der Waals surface area contributed by atoms with E-state index in [4.69, 9.17) is 0 Å². The van der Waals surface area contributed by atoms with E-state index in [2.05, 4.69) is 58.4 Å². The average Bonchev–Trinajstić information content (AvgIpc) is 2.74. The number of rotatable bonds is 0. The van der Waals surface area contributed by atoms with Crippen LogP contribution >= 0.6 is 15.9 Å². The smallest absolute Gasteiger partial charge is 0.164 e. The molecule has 0 fully saturated rings. The molecule has 0 unspecified atom stereocenters. The molecule has 0 atom stereocenters. The highest BCUT2D eigenvalue weighted by atomic mass is 79.9. The lowest BCUT2D eigenvalue weighted by Crippen LogP contribution is -2.06. The standard InChI is InChI=1S/C17H11BrO/c18-13-8-15-14-6-11-4-2-1-3-10(11)5-12(14)7-16(15)17(19)9-13/h1-6,8H,7,9H2. The zero-order chi connectivity index (χ0) is 13.0. The lowest BCUT2D eigenvalue weighted by atomic mass is 9.96. The van der Waals surface area contributed by atoms with Gasteiger partial charge in [0.2, 0.25) is 0 Å². The Labute approximate surface area is 119 Å². The molecule has 2 aromatic carbocycles. The second-order valence-electron chi connectivity index (χ2n) is 5.12. The number of carbonyl (C=O) groups is 1. The zero-order valence-corrected chi connectivity index (χ0v) is 11.8. The summed E-state index contributed by atoms with van der Waals surface area (Å²) in [7, 11) is 0. The lowest BCUT2D eigenvalue weighted by molar-refractivity contribution is -0.114. The molecule has 2 heteroatoms. The van der Waals surface area contributed by atoms with Crippen LogP contribution in [0.5, 0.6) is 0 Å². The lowest BCUT2D eigenvalue weighted by Gasteiger charge is -2.10. The van der Waals surface area contributed by atoms with Crippen molar-refractivity contribution in [3.8, 4) is 0 Å². The largest absolute Gasteiger partial charge is 0.294 e. The molecule has 0 spiro atoms. The third-order valence-corrected chi connectivity index (χ3v) is 4.43. The Hall–Kier alpha value is -1.67. The molecule has 0 saturated heterocycles. The molecule has 0 N–H and O–H groups in total. The van der Waals surface area contributed by atoms with E-state index in [-0.39, 0.29) is 5.78 Å². The van der Waals surface area contributed by atoms with Crippen molar-refractivity contribution in [1.82, 2.24) is 0 Å². The molecule has 92 valence electrons. The molecule has 19 heavy (non-hydrogen) atoms. The molecule has 2 aliphatic carbocycles. The summed E-state index contributed by atoms with van der Waals surface area (Å²) in [6.07, 6.45) is 3.40. The van der Waals surface area contributed by atoms with E-state index in [1.54, 1.807) is 0 Å². The second-order valence-corrected chi connectivity index (χ2v) is 6.14. The van der Waals surface area contributed by atoms with Crippen molar-refractivity contribution in [3.05, 3.63) is 63.7 Å². The van der Waals surface area contributed by atoms with Crippen LogP contribution < -0.4 is 0 Å². The van der Waals surface area contributed by atoms with Gasteiger partial charge in [-0.05, 0) is 39.6 Å². The van der Waals surface area contributed by atoms with Gasteiger partial charge < -0.3 is 0 Å². The molecule has 0 saturated carbocycles. The summed E-state index contributed by atoms with van der Waals surface area (Å²) in [5.41, 5.74) is 4.59. The summed E-state index contributed by atoms with van der Waals surface area (Å²) in [6.45, 7) is 0. The number of fused-ring (bicyclic) bond motifs is 3. The molecule has 2 aromatic rings. The Balaban J connectivity index is 1.99. The van der Waals surface area contributed by atoms with E-state index in [0.717, 1.165) is 22.0 Å². The van der Waals surface area contributed by atoms with E-state index in [0.29, 0.717) is 6.42 Å². The van der Waals surface area contributed by atoms with Gasteiger partial charge in [-0.1, -0.05) is 46.3 Å². The topological polar surface area (TPSA) is 17.1 Å². The number of hydrogen-bond acceptors (Lipinski definition) is 1. The predicted octanol–water partition coefficient (Wildman–Crippen LogP) is 4.40. The Morgan fingerprint density at radius 1 is 1.00 bits per heavy atom. The van der Waals surface area contributed by atoms with Crippen molar-refractivity contribution in [2.24, 2.45) is 0 Å². The fourth-order valence-corrected chi connectivity index (χ4v) is 3.50. The minimum absolute atomic E-state index is 0.254. The minimum atomic E-state index is 0.254. The molecular formula is C17H11BrO. The summed E-state index contributed by atoms with van der Waals surface area (Å²) in [5, 5.41) is 2.48. The first-order valence-corrected chi connectivity index (χ1v) is 7.16. The number of allylic oxidation sites excluding steroid dienone is 4. The first-order valence-electron chi connectivity index (χ1n) is 6.37. The highest BCUT2D eigenvalue weighted by Gasteiger charge is 2.28. The highest BCUT2D eigenvalue weighted by molar-refractivity contribution is 9.11. The quantitative estimate of drug-likeness (QED) is 0.705. The van der Waals surface area contributed by atoms with Gasteiger partial charge in [0.1, 0.15) is 0 Å². The Morgan fingerprint density at radius 3 is 2.53 bits per heavy atom. The summed E-state index contributed by atoms with van der Waals surface area (Å²) in [6, 6.07) is 12.8. The van der Waals surface area contributed by atoms with E-state index >= 15 is 0 Å². The van der Waals surface area contributed by atoms with Gasteiger partial charge in [0.05, 0.1) is 0 Å². The fourth-order valence-electron chi connectivity index (χ4n) is 3.01. The Kier molecular flexibility index (Phi) is 2.30. The first-order chi connectivity index (χ1) is 9.22. The monoisotopic (exact) mass is 310 g/mol. The molecule has 0 amide bonds. The van der Waals surface area contributed by atoms with Crippen molar-refractivity contribution in [2.75, 3.05) is 0 Å². The second kappa shape index (κ2) is 3.91. The maximum absolute atomic E-state index is 12.1. The van der Waals surface area contributed by atoms with Crippen LogP contribution in [0.3, 0.4) is 0 Å². The van der Waals surface area contributed by atoms with Gasteiger partial charge in [0.15, 0.2) is 5.78 Å². The highest BCUT2D eigenvalue weighted by Crippen LogP contribution is 2.41. The van der Waals surface area contributed by atoms with Crippen LogP contribution in [-0.4, -0.2) is 5.78 Å². The van der Waals surface area contributed by atoms with E-state index in [9.17, 15) is 4.79 Å². The van der Waals surface area contributed by atoms with Crippen LogP contribution in [0.4, 0.5) is 0 Å². The van der Waals surface area contributed by atoms with Gasteiger partial charge >= 0.3 is 0 Å². The van der Waals surface area contributed by atoms with Crippen molar-refractivity contribution < 1.29 is 4.79 Å². The van der Waals surface area contributed by atoms with Gasteiger partial charge in [-0.3, -0.25) is 4.79 Å². The molecule has 0 aliphatic heterocycles. The third kappa shape index (κ3) is 1.63. The molecule has 4 rings (SSSR count). The predicted molar refractivity (Wildman–Crippen MR) is 81.2 cm³/mol. The zero-order valence-electron chi connectivity index (χ0n) is 10.2. The van der Waals surface area contributed by atoms with Crippen LogP contribution in [-0.2, 0) is 11.2 Å². The fraction of sp³-hybridized carbons (Fsp3) is 0.118. The summed E-state index contributed by atoms with van der Waals surface area (Å²) < 4.78 is 0.984. The van der Waals surface area contributed by atoms with Crippen molar-refractivity contribution in [3.63, 3.8) is 0 Å². The maximum Gasteiger partial charge on any atom is 0.164 e. The number of Topliss-reactive ketones (excluding diaryl/α,β-unsaturated/α-hetero) is 1. The molecule has 2 aliphatic rings. The molecule has 0 aromatic heterocycles. The Morgan fingerprint density at radius 2 is 1.74 bits per heavy atom. The molecule has 0 radical (unpaired) electrons. The van der Waals surface area contributed by atoms with Crippen LogP contribution in [0.15, 0.2) is 52.5 Å². The minimum Gasteiger partial charge on any atom is -0.294 e. The molecule has 1 nitrogen and oxygen atoms in total. The summed E-state index contributed by atoms with van der Waals surface area (Å²) >= 11 is 3.47. The van der Waals surface area contributed by atoms with Crippen LogP contribution in [0.2, 0.25) is 0 Å². The molecule has 0 bridgehead atoms. The number of hydrogen-bond donors (Lipinski definition) is 0. The SMILES string of the molecule is O=C1CC(Br)=CC2=C1Cc1cc3ccccc3cc12. The number of halogens is 1. The number of carbonyl (C=O) groups excluding carboxylic acids is 1. The van der Waals surface area contributed by atoms with Crippen LogP contribution in [0, 0.1) is 0 Å². The van der Waals surface area contributed by atoms with Gasteiger partial charge in [0.25, 0.3) is 0 Å². The van der Waals surface area contributed by atoms with Crippen LogP contribution in [0.1, 0.15) is 17.5 Å². The van der Waals surface area contributed by atoms with Crippen molar-refractivity contribution >= 4 is 38.1 Å². The number of benzene rings is 2. The van der Waals surface area contributed by atoms with E-state index in [1.165, 1.54) is 21.9 Å². The van der Waals surface area contributed by atoms with E-state index in [1.807, 2.05) is 0 Å². The molecular weight excluding hydrogens is 300 g/mol. The number of ketones is 1. The van der Waals surface area contributed by atoms with E-state index < -0.39 is 0 Å². The van der Waals surface area contributed by atoms with Gasteiger partial charge in [-0.25, -0.2) is 0 Å². The normalized spacial score (nSPS) is 17.5. The van der Waals surface area contributed by atoms with Crippen molar-refractivity contribution in [2.45, 2.75) is 12.8 Å².